The Hall–Kier alpha value is -1.30. The van der Waals surface area contributed by atoms with Crippen molar-refractivity contribution >= 4 is 28.7 Å². The van der Waals surface area contributed by atoms with Gasteiger partial charge in [0.15, 0.2) is 5.82 Å². The van der Waals surface area contributed by atoms with Gasteiger partial charge in [-0.25, -0.2) is 13.8 Å². The number of hydrogen-bond acceptors (Lipinski definition) is 3. The minimum Gasteiger partial charge on any atom is -0.369 e. The third-order valence-electron chi connectivity index (χ3n) is 3.79. The average molecular weight is 283 g/mol. The molecule has 102 valence electrons. The monoisotopic (exact) mass is 283 g/mol. The average Bonchev–Trinajstić information content (AvgIpc) is 2.92. The summed E-state index contributed by atoms with van der Waals surface area (Å²) in [5, 5.41) is 0.422. The Bertz CT molecular complexity index is 626. The standard InChI is InChI=1S/C13H15F2N3S/c1-19-11-4-2-3-9(11)18-10-6-7(14)5-8(15)12(10)17-13(18)16/h5-6,9,11H,2-4H2,1H3,(H2,16,17). The third-order valence-corrected chi connectivity index (χ3v) is 4.95. The van der Waals surface area contributed by atoms with Crippen molar-refractivity contribution in [3.8, 4) is 0 Å². The predicted octanol–water partition coefficient (Wildman–Crippen LogP) is 3.35. The summed E-state index contributed by atoms with van der Waals surface area (Å²) in [4.78, 5) is 4.06. The lowest BCUT2D eigenvalue weighted by Gasteiger charge is -2.21. The molecule has 1 aromatic carbocycles. The number of hydrogen-bond donors (Lipinski definition) is 1. The summed E-state index contributed by atoms with van der Waals surface area (Å²) in [6, 6.07) is 2.33. The predicted molar refractivity (Wildman–Crippen MR) is 74.3 cm³/mol. The van der Waals surface area contributed by atoms with Crippen LogP contribution in [0.1, 0.15) is 25.3 Å². The lowest BCUT2D eigenvalue weighted by Crippen LogP contribution is -2.17. The Kier molecular flexibility index (Phi) is 3.12. The van der Waals surface area contributed by atoms with E-state index in [9.17, 15) is 8.78 Å². The number of aromatic nitrogens is 2. The first-order valence-corrected chi connectivity index (χ1v) is 7.56. The highest BCUT2D eigenvalue weighted by Gasteiger charge is 2.31. The molecule has 0 amide bonds. The van der Waals surface area contributed by atoms with Gasteiger partial charge in [0.25, 0.3) is 0 Å². The molecule has 0 bridgehead atoms. The van der Waals surface area contributed by atoms with Crippen LogP contribution in [-0.4, -0.2) is 21.1 Å². The van der Waals surface area contributed by atoms with E-state index in [0.717, 1.165) is 25.3 Å². The van der Waals surface area contributed by atoms with Crippen LogP contribution in [0.5, 0.6) is 0 Å². The van der Waals surface area contributed by atoms with Gasteiger partial charge in [-0.05, 0) is 19.1 Å². The van der Waals surface area contributed by atoms with Crippen molar-refractivity contribution in [1.82, 2.24) is 9.55 Å². The van der Waals surface area contributed by atoms with E-state index < -0.39 is 11.6 Å². The molecule has 1 aromatic heterocycles. The van der Waals surface area contributed by atoms with Gasteiger partial charge in [-0.2, -0.15) is 11.8 Å². The number of thioether (sulfide) groups is 1. The zero-order chi connectivity index (χ0) is 13.6. The van der Waals surface area contributed by atoms with Crippen LogP contribution in [0.4, 0.5) is 14.7 Å². The molecule has 0 saturated heterocycles. The maximum Gasteiger partial charge on any atom is 0.201 e. The van der Waals surface area contributed by atoms with Crippen LogP contribution in [-0.2, 0) is 0 Å². The van der Waals surface area contributed by atoms with Crippen LogP contribution in [0, 0.1) is 11.6 Å². The number of benzene rings is 1. The van der Waals surface area contributed by atoms with E-state index in [0.29, 0.717) is 10.8 Å². The molecule has 0 spiro atoms. The molecule has 1 aliphatic carbocycles. The fourth-order valence-electron chi connectivity index (χ4n) is 2.96. The summed E-state index contributed by atoms with van der Waals surface area (Å²) in [6.07, 6.45) is 5.23. The highest BCUT2D eigenvalue weighted by atomic mass is 32.2. The van der Waals surface area contributed by atoms with Gasteiger partial charge in [-0.3, -0.25) is 0 Å². The van der Waals surface area contributed by atoms with Crippen LogP contribution >= 0.6 is 11.8 Å². The topological polar surface area (TPSA) is 43.8 Å². The van der Waals surface area contributed by atoms with E-state index in [1.54, 1.807) is 16.3 Å². The highest BCUT2D eigenvalue weighted by molar-refractivity contribution is 7.99. The Morgan fingerprint density at radius 3 is 2.89 bits per heavy atom. The number of nitrogens with zero attached hydrogens (tertiary/aromatic N) is 2. The number of nitrogens with two attached hydrogens (primary N) is 1. The van der Waals surface area contributed by atoms with Crippen LogP contribution in [0.25, 0.3) is 11.0 Å². The summed E-state index contributed by atoms with van der Waals surface area (Å²) in [5.41, 5.74) is 6.54. The van der Waals surface area contributed by atoms with E-state index in [2.05, 4.69) is 11.2 Å². The summed E-state index contributed by atoms with van der Waals surface area (Å²) in [6.45, 7) is 0. The molecule has 1 heterocycles. The molecule has 3 nitrogen and oxygen atoms in total. The number of nitrogen functional groups attached to an aromatic ring is 1. The van der Waals surface area contributed by atoms with Gasteiger partial charge in [0.2, 0.25) is 5.95 Å². The van der Waals surface area contributed by atoms with Gasteiger partial charge in [0.05, 0.1) is 5.52 Å². The largest absolute Gasteiger partial charge is 0.369 e. The molecule has 1 saturated carbocycles. The first-order valence-electron chi connectivity index (χ1n) is 6.27. The van der Waals surface area contributed by atoms with Crippen molar-refractivity contribution in [3.05, 3.63) is 23.8 Å². The summed E-state index contributed by atoms with van der Waals surface area (Å²) >= 11 is 1.77. The Labute approximate surface area is 114 Å². The van der Waals surface area contributed by atoms with E-state index >= 15 is 0 Å². The summed E-state index contributed by atoms with van der Waals surface area (Å²) in [7, 11) is 0. The second-order valence-electron chi connectivity index (χ2n) is 4.87. The van der Waals surface area contributed by atoms with E-state index in [1.165, 1.54) is 6.07 Å². The van der Waals surface area contributed by atoms with Gasteiger partial charge < -0.3 is 10.3 Å². The van der Waals surface area contributed by atoms with Crippen molar-refractivity contribution in [1.29, 1.82) is 0 Å². The zero-order valence-corrected chi connectivity index (χ0v) is 11.4. The van der Waals surface area contributed by atoms with Gasteiger partial charge in [0.1, 0.15) is 11.3 Å². The third kappa shape index (κ3) is 1.98. The van der Waals surface area contributed by atoms with Gasteiger partial charge in [-0.1, -0.05) is 6.42 Å². The number of imidazole rings is 1. The molecule has 2 N–H and O–H groups in total. The molecule has 1 fully saturated rings. The van der Waals surface area contributed by atoms with Crippen molar-refractivity contribution in [3.63, 3.8) is 0 Å². The molecule has 1 aliphatic rings. The molecular formula is C13H15F2N3S. The second kappa shape index (κ2) is 4.67. The maximum atomic E-state index is 13.7. The van der Waals surface area contributed by atoms with Crippen molar-refractivity contribution in [2.24, 2.45) is 0 Å². The molecule has 3 rings (SSSR count). The van der Waals surface area contributed by atoms with Crippen LogP contribution in [0.3, 0.4) is 0 Å². The van der Waals surface area contributed by atoms with E-state index in [4.69, 9.17) is 5.73 Å². The van der Waals surface area contributed by atoms with Gasteiger partial charge in [0, 0.05) is 23.4 Å². The molecule has 0 aliphatic heterocycles. The van der Waals surface area contributed by atoms with Gasteiger partial charge in [-0.15, -0.1) is 0 Å². The SMILES string of the molecule is CSC1CCCC1n1c(N)nc2c(F)cc(F)cc21. The van der Waals surface area contributed by atoms with E-state index in [-0.39, 0.29) is 17.5 Å². The summed E-state index contributed by atoms with van der Waals surface area (Å²) in [5.74, 6) is -0.977. The van der Waals surface area contributed by atoms with Crippen molar-refractivity contribution < 1.29 is 8.78 Å². The van der Waals surface area contributed by atoms with Crippen LogP contribution < -0.4 is 5.73 Å². The van der Waals surface area contributed by atoms with Crippen LogP contribution in [0.15, 0.2) is 12.1 Å². The zero-order valence-electron chi connectivity index (χ0n) is 10.6. The fraction of sp³-hybridized carbons (Fsp3) is 0.462. The lowest BCUT2D eigenvalue weighted by atomic mass is 10.2. The Morgan fingerprint density at radius 1 is 1.37 bits per heavy atom. The molecule has 2 unspecified atom stereocenters. The number of halogens is 2. The molecular weight excluding hydrogens is 268 g/mol. The first kappa shape index (κ1) is 12.7. The van der Waals surface area contributed by atoms with Crippen molar-refractivity contribution in [2.45, 2.75) is 30.6 Å². The maximum absolute atomic E-state index is 13.7. The Balaban J connectivity index is 2.20. The quantitative estimate of drug-likeness (QED) is 0.919. The highest BCUT2D eigenvalue weighted by Crippen LogP contribution is 2.40. The Morgan fingerprint density at radius 2 is 2.16 bits per heavy atom. The fourth-order valence-corrected chi connectivity index (χ4v) is 3.94. The van der Waals surface area contributed by atoms with Crippen molar-refractivity contribution in [2.75, 3.05) is 12.0 Å². The summed E-state index contributed by atoms with van der Waals surface area (Å²) < 4.78 is 29.0. The normalized spacial score (nSPS) is 23.3. The number of fused-ring (bicyclic) bond motifs is 1. The first-order chi connectivity index (χ1) is 9.11. The molecule has 2 atom stereocenters. The number of anilines is 1. The number of rotatable bonds is 2. The van der Waals surface area contributed by atoms with E-state index in [1.807, 2.05) is 0 Å². The lowest BCUT2D eigenvalue weighted by molar-refractivity contribution is 0.546. The van der Waals surface area contributed by atoms with Gasteiger partial charge >= 0.3 is 0 Å². The molecule has 0 radical (unpaired) electrons. The molecule has 2 aromatic rings. The minimum atomic E-state index is -0.654. The molecule has 19 heavy (non-hydrogen) atoms. The van der Waals surface area contributed by atoms with Crippen LogP contribution in [0.2, 0.25) is 0 Å². The minimum absolute atomic E-state index is 0.158. The second-order valence-corrected chi connectivity index (χ2v) is 5.94. The molecule has 6 heteroatoms. The smallest absolute Gasteiger partial charge is 0.201 e.